The third-order valence-corrected chi connectivity index (χ3v) is 11.7. The van der Waals surface area contributed by atoms with Crippen LogP contribution in [0.15, 0.2) is 164 Å². The highest BCUT2D eigenvalue weighted by Crippen LogP contribution is 2.44. The van der Waals surface area contributed by atoms with E-state index in [2.05, 4.69) is 30.3 Å². The van der Waals surface area contributed by atoms with Crippen LogP contribution in [0.4, 0.5) is 26.3 Å². The zero-order valence-electron chi connectivity index (χ0n) is 33.2. The van der Waals surface area contributed by atoms with Gasteiger partial charge in [0.2, 0.25) is 0 Å². The third-order valence-electron chi connectivity index (χ3n) is 11.7. The van der Waals surface area contributed by atoms with Gasteiger partial charge >= 0.3 is 12.4 Å². The molecule has 0 N–H and O–H groups in total. The highest BCUT2D eigenvalue weighted by molar-refractivity contribution is 6.13. The van der Waals surface area contributed by atoms with Gasteiger partial charge in [-0.3, -0.25) is 0 Å². The predicted octanol–water partition coefficient (Wildman–Crippen LogP) is 15.4. The lowest BCUT2D eigenvalue weighted by Crippen LogP contribution is -2.11. The van der Waals surface area contributed by atoms with E-state index in [-0.39, 0.29) is 22.8 Å². The van der Waals surface area contributed by atoms with Crippen LogP contribution in [0.25, 0.3) is 88.4 Å². The van der Waals surface area contributed by atoms with Crippen LogP contribution >= 0.6 is 0 Å². The molecule has 62 heavy (non-hydrogen) atoms. The highest BCUT2D eigenvalue weighted by Gasteiger charge is 2.37. The first-order chi connectivity index (χ1) is 29.8. The van der Waals surface area contributed by atoms with Gasteiger partial charge in [0.25, 0.3) is 0 Å². The highest BCUT2D eigenvalue weighted by atomic mass is 19.4. The fourth-order valence-corrected chi connectivity index (χ4v) is 8.85. The van der Waals surface area contributed by atoms with Crippen LogP contribution in [-0.4, -0.2) is 9.13 Å². The Balaban J connectivity index is 1.33. The summed E-state index contributed by atoms with van der Waals surface area (Å²) >= 11 is 0. The summed E-state index contributed by atoms with van der Waals surface area (Å²) < 4.78 is 90.0. The van der Waals surface area contributed by atoms with Crippen molar-refractivity contribution in [1.29, 1.82) is 5.26 Å². The fraction of sp³-hybridized carbons (Fsp3) is 0.0755. The van der Waals surface area contributed by atoms with Crippen LogP contribution in [0, 0.1) is 25.2 Å². The Morgan fingerprint density at radius 3 is 1.29 bits per heavy atom. The lowest BCUT2D eigenvalue weighted by molar-refractivity contribution is -0.143. The molecule has 0 aliphatic rings. The Kier molecular flexibility index (Phi) is 8.89. The molecule has 10 aromatic rings. The largest absolute Gasteiger partial charge is 0.416 e. The monoisotopic (exact) mass is 825 g/mol. The molecule has 0 atom stereocenters. The van der Waals surface area contributed by atoms with Crippen molar-refractivity contribution in [2.45, 2.75) is 26.2 Å². The lowest BCUT2D eigenvalue weighted by atomic mass is 9.94. The molecule has 9 heteroatoms. The standard InChI is InChI=1S/C53H33F6N3/c1-31-9-7-11-33(21-31)35-17-19-48-44(25-35)41-13-3-5-15-46(41)61(48)50-27-38(30-60)43(37-23-39(52(54,55)56)28-40(24-37)53(57,58)59)29-51(50)62-47-16-6-4-14-42(47)45-26-36(18-20-49(45)62)34-12-8-10-32(2)22-34/h3-29H,1-2H3. The number of aryl methyl sites for hydroxylation is 2. The smallest absolute Gasteiger partial charge is 0.307 e. The van der Waals surface area contributed by atoms with Gasteiger partial charge in [0.15, 0.2) is 0 Å². The first kappa shape index (κ1) is 38.6. The van der Waals surface area contributed by atoms with E-state index in [1.165, 1.54) is 0 Å². The maximum Gasteiger partial charge on any atom is 0.416 e. The van der Waals surface area contributed by atoms with E-state index in [1.54, 1.807) is 12.1 Å². The summed E-state index contributed by atoms with van der Waals surface area (Å²) in [6.07, 6.45) is -10.2. The molecule has 302 valence electrons. The average Bonchev–Trinajstić information content (AvgIpc) is 3.77. The number of benzene rings is 8. The molecule has 0 amide bonds. The van der Waals surface area contributed by atoms with Gasteiger partial charge in [-0.1, -0.05) is 108 Å². The first-order valence-electron chi connectivity index (χ1n) is 19.9. The number of aromatic nitrogens is 2. The Morgan fingerprint density at radius 2 is 0.839 bits per heavy atom. The van der Waals surface area contributed by atoms with Crippen molar-refractivity contribution >= 4 is 43.6 Å². The Labute approximate surface area is 351 Å². The molecule has 0 saturated carbocycles. The van der Waals surface area contributed by atoms with Gasteiger partial charge in [-0.25, -0.2) is 0 Å². The van der Waals surface area contributed by atoms with Gasteiger partial charge in [-0.2, -0.15) is 31.6 Å². The van der Waals surface area contributed by atoms with E-state index in [9.17, 15) is 31.6 Å². The van der Waals surface area contributed by atoms with Gasteiger partial charge in [0.1, 0.15) is 0 Å². The van der Waals surface area contributed by atoms with E-state index in [0.717, 1.165) is 77.0 Å². The van der Waals surface area contributed by atoms with Crippen molar-refractivity contribution in [3.8, 4) is 50.8 Å². The molecule has 0 saturated heterocycles. The van der Waals surface area contributed by atoms with E-state index < -0.39 is 23.5 Å². The van der Waals surface area contributed by atoms with Gasteiger partial charge in [0.05, 0.1) is 56.2 Å². The number of alkyl halides is 6. The van der Waals surface area contributed by atoms with E-state index in [0.29, 0.717) is 23.5 Å². The molecule has 0 aliphatic carbocycles. The Hall–Kier alpha value is -7.57. The maximum absolute atomic E-state index is 14.3. The second kappa shape index (κ2) is 14.3. The lowest BCUT2D eigenvalue weighted by Gasteiger charge is -2.20. The molecule has 0 fully saturated rings. The van der Waals surface area contributed by atoms with Crippen molar-refractivity contribution in [2.75, 3.05) is 0 Å². The molecule has 2 aromatic heterocycles. The summed E-state index contributed by atoms with van der Waals surface area (Å²) in [6, 6.07) is 51.0. The number of rotatable bonds is 5. The molecule has 0 bridgehead atoms. The molecule has 0 aliphatic heterocycles. The van der Waals surface area contributed by atoms with Crippen LogP contribution in [0.5, 0.6) is 0 Å². The normalized spacial score (nSPS) is 12.2. The fourth-order valence-electron chi connectivity index (χ4n) is 8.85. The van der Waals surface area contributed by atoms with E-state index >= 15 is 0 Å². The predicted molar refractivity (Wildman–Crippen MR) is 236 cm³/mol. The van der Waals surface area contributed by atoms with Gasteiger partial charge < -0.3 is 9.13 Å². The topological polar surface area (TPSA) is 33.6 Å². The molecule has 2 heterocycles. The second-order valence-corrected chi connectivity index (χ2v) is 15.7. The van der Waals surface area contributed by atoms with E-state index in [1.807, 2.05) is 132 Å². The third kappa shape index (κ3) is 6.47. The van der Waals surface area contributed by atoms with E-state index in [4.69, 9.17) is 0 Å². The molecule has 0 spiro atoms. The number of nitriles is 1. The zero-order valence-corrected chi connectivity index (χ0v) is 33.2. The van der Waals surface area contributed by atoms with Crippen LogP contribution < -0.4 is 0 Å². The summed E-state index contributed by atoms with van der Waals surface area (Å²) in [4.78, 5) is 0. The van der Waals surface area contributed by atoms with Crippen molar-refractivity contribution in [3.05, 3.63) is 192 Å². The van der Waals surface area contributed by atoms with Crippen molar-refractivity contribution in [1.82, 2.24) is 9.13 Å². The molecular formula is C53H33F6N3. The Morgan fingerprint density at radius 1 is 0.403 bits per heavy atom. The minimum absolute atomic E-state index is 0.0762. The SMILES string of the molecule is Cc1cccc(-c2ccc3c(c2)c2ccccc2n3-c2cc(C#N)c(-c3cc(C(F)(F)F)cc(C(F)(F)F)c3)cc2-n2c3ccccc3c3cc(-c4cccc(C)c4)ccc32)c1. The number of para-hydroxylation sites is 2. The second-order valence-electron chi connectivity index (χ2n) is 15.7. The zero-order chi connectivity index (χ0) is 43.1. The molecule has 10 rings (SSSR count). The number of halogens is 6. The summed E-state index contributed by atoms with van der Waals surface area (Å²) in [5, 5.41) is 14.4. The van der Waals surface area contributed by atoms with Crippen molar-refractivity contribution in [3.63, 3.8) is 0 Å². The number of hydrogen-bond donors (Lipinski definition) is 0. The summed E-state index contributed by atoms with van der Waals surface area (Å²) in [6.45, 7) is 4.06. The molecule has 0 radical (unpaired) electrons. The summed E-state index contributed by atoms with van der Waals surface area (Å²) in [7, 11) is 0. The van der Waals surface area contributed by atoms with Crippen LogP contribution in [0.1, 0.15) is 27.8 Å². The number of fused-ring (bicyclic) bond motifs is 6. The van der Waals surface area contributed by atoms with Crippen LogP contribution in [0.2, 0.25) is 0 Å². The van der Waals surface area contributed by atoms with Crippen LogP contribution in [-0.2, 0) is 12.4 Å². The maximum atomic E-state index is 14.3. The minimum atomic E-state index is -5.09. The molecular weight excluding hydrogens is 793 g/mol. The first-order valence-corrected chi connectivity index (χ1v) is 19.9. The van der Waals surface area contributed by atoms with Gasteiger partial charge in [-0.15, -0.1) is 0 Å². The van der Waals surface area contributed by atoms with Crippen molar-refractivity contribution in [2.24, 2.45) is 0 Å². The summed E-state index contributed by atoms with van der Waals surface area (Å²) in [5.74, 6) is 0. The van der Waals surface area contributed by atoms with Gasteiger partial charge in [-0.05, 0) is 108 Å². The quantitative estimate of drug-likeness (QED) is 0.159. The average molecular weight is 826 g/mol. The van der Waals surface area contributed by atoms with Crippen molar-refractivity contribution < 1.29 is 26.3 Å². The Bertz CT molecular complexity index is 3450. The molecule has 0 unspecified atom stereocenters. The number of hydrogen-bond acceptors (Lipinski definition) is 1. The number of nitrogens with zero attached hydrogens (tertiary/aromatic N) is 3. The van der Waals surface area contributed by atoms with Crippen LogP contribution in [0.3, 0.4) is 0 Å². The molecule has 8 aromatic carbocycles. The molecule has 3 nitrogen and oxygen atoms in total. The summed E-state index contributed by atoms with van der Waals surface area (Å²) in [5.41, 5.74) is 6.79. The minimum Gasteiger partial charge on any atom is -0.307 e. The van der Waals surface area contributed by atoms with Gasteiger partial charge in [0, 0.05) is 27.1 Å².